The second-order valence-corrected chi connectivity index (χ2v) is 5.65. The number of nitro benzene ring substituents is 6. The fourth-order valence-corrected chi connectivity index (χ4v) is 2.29. The third-order valence-corrected chi connectivity index (χ3v) is 3.67. The van der Waals surface area contributed by atoms with Crippen molar-refractivity contribution in [2.75, 3.05) is 0 Å². The highest BCUT2D eigenvalue weighted by molar-refractivity contribution is 5.74. The van der Waals surface area contributed by atoms with E-state index in [1.807, 2.05) is 0 Å². The molecule has 0 aliphatic carbocycles. The summed E-state index contributed by atoms with van der Waals surface area (Å²) in [6.07, 6.45) is 0. The molecule has 0 amide bonds. The van der Waals surface area contributed by atoms with E-state index in [0.717, 1.165) is 0 Å². The summed E-state index contributed by atoms with van der Waals surface area (Å²) in [5.74, 6) is 0. The van der Waals surface area contributed by atoms with Crippen molar-refractivity contribution < 1.29 is 34.5 Å². The van der Waals surface area contributed by atoms with Crippen molar-refractivity contribution in [1.29, 1.82) is 0 Å². The third kappa shape index (κ3) is 5.56. The SMILES string of the molecule is O=[N+]([O-])c1cc([N+](=O)[O-])c(N=NON=Nc2c([N+](=O)[O-])cc([N+](=O)[O-])cc2[N+](=O)[O-])c([N+](=O)[O-])c1. The summed E-state index contributed by atoms with van der Waals surface area (Å²) < 4.78 is 0. The van der Waals surface area contributed by atoms with Crippen LogP contribution in [0.3, 0.4) is 0 Å². The van der Waals surface area contributed by atoms with E-state index < -0.39 is 75.0 Å². The fraction of sp³-hybridized carbons (Fsp3) is 0. The first-order chi connectivity index (χ1) is 16.3. The monoisotopic (exact) mass is 496 g/mol. The fourth-order valence-electron chi connectivity index (χ4n) is 2.29. The summed E-state index contributed by atoms with van der Waals surface area (Å²) in [5, 5.41) is 77.7. The lowest BCUT2D eigenvalue weighted by Gasteiger charge is -1.99. The Balaban J connectivity index is 2.48. The van der Waals surface area contributed by atoms with Crippen LogP contribution in [0.1, 0.15) is 0 Å². The minimum atomic E-state index is -1.25. The molecule has 0 aliphatic heterocycles. The highest BCUT2D eigenvalue weighted by Crippen LogP contribution is 2.42. The third-order valence-electron chi connectivity index (χ3n) is 3.67. The number of hydrogen-bond donors (Lipinski definition) is 0. The van der Waals surface area contributed by atoms with E-state index in [2.05, 4.69) is 25.7 Å². The summed E-state index contributed by atoms with van der Waals surface area (Å²) in [6, 6.07) is 1.36. The average Bonchev–Trinajstić information content (AvgIpc) is 2.77. The van der Waals surface area contributed by atoms with Gasteiger partial charge in [-0.25, -0.2) is 4.94 Å². The molecule has 0 heterocycles. The van der Waals surface area contributed by atoms with Crippen LogP contribution in [-0.4, -0.2) is 29.5 Å². The molecule has 0 fully saturated rings. The summed E-state index contributed by atoms with van der Waals surface area (Å²) in [7, 11) is 0. The van der Waals surface area contributed by atoms with Crippen LogP contribution in [0.2, 0.25) is 0 Å². The van der Waals surface area contributed by atoms with Crippen molar-refractivity contribution >= 4 is 45.5 Å². The molecule has 0 atom stereocenters. The number of nitro groups is 6. The Bertz CT molecular complexity index is 1180. The van der Waals surface area contributed by atoms with Gasteiger partial charge in [0.15, 0.2) is 0 Å². The molecular formula is C12H4N10O13. The Labute approximate surface area is 186 Å². The topological polar surface area (TPSA) is 318 Å². The van der Waals surface area contributed by atoms with Gasteiger partial charge in [-0.15, -0.1) is 0 Å². The minimum absolute atomic E-state index is 0.340. The minimum Gasteiger partial charge on any atom is -0.258 e. The second kappa shape index (κ2) is 9.97. The van der Waals surface area contributed by atoms with Gasteiger partial charge >= 0.3 is 22.7 Å². The Morgan fingerprint density at radius 1 is 0.486 bits per heavy atom. The first-order valence-electron chi connectivity index (χ1n) is 8.05. The molecule has 0 bridgehead atoms. The van der Waals surface area contributed by atoms with Crippen LogP contribution in [0.15, 0.2) is 45.0 Å². The predicted molar refractivity (Wildman–Crippen MR) is 103 cm³/mol. The number of rotatable bonds is 10. The maximum atomic E-state index is 11.1. The van der Waals surface area contributed by atoms with Gasteiger partial charge in [-0.05, 0) is 0 Å². The summed E-state index contributed by atoms with van der Waals surface area (Å²) >= 11 is 0. The molecule has 180 valence electrons. The molecule has 2 aromatic carbocycles. The van der Waals surface area contributed by atoms with Gasteiger partial charge in [0.1, 0.15) is 0 Å². The molecule has 0 radical (unpaired) electrons. The maximum absolute atomic E-state index is 11.1. The van der Waals surface area contributed by atoms with Crippen LogP contribution in [-0.2, 0) is 4.94 Å². The van der Waals surface area contributed by atoms with Gasteiger partial charge in [-0.1, -0.05) is 10.2 Å². The predicted octanol–water partition coefficient (Wildman–Crippen LogP) is 3.85. The van der Waals surface area contributed by atoms with Crippen molar-refractivity contribution in [1.82, 2.24) is 0 Å². The van der Waals surface area contributed by atoms with Crippen LogP contribution in [0.5, 0.6) is 0 Å². The van der Waals surface area contributed by atoms with E-state index in [4.69, 9.17) is 0 Å². The molecule has 2 rings (SSSR count). The molecule has 23 nitrogen and oxygen atoms in total. The molecule has 23 heteroatoms. The van der Waals surface area contributed by atoms with Gasteiger partial charge in [0.2, 0.25) is 11.4 Å². The van der Waals surface area contributed by atoms with E-state index in [9.17, 15) is 60.7 Å². The van der Waals surface area contributed by atoms with Gasteiger partial charge in [-0.2, -0.15) is 0 Å². The molecule has 0 saturated heterocycles. The molecule has 0 aromatic heterocycles. The molecule has 0 spiro atoms. The summed E-state index contributed by atoms with van der Waals surface area (Å²) in [4.78, 5) is 63.0. The Kier molecular flexibility index (Phi) is 7.15. The molecule has 0 aliphatic rings. The van der Waals surface area contributed by atoms with Crippen LogP contribution in [0.25, 0.3) is 0 Å². The molecule has 35 heavy (non-hydrogen) atoms. The van der Waals surface area contributed by atoms with E-state index in [1.54, 1.807) is 0 Å². The Morgan fingerprint density at radius 2 is 0.743 bits per heavy atom. The van der Waals surface area contributed by atoms with E-state index in [-0.39, 0.29) is 0 Å². The van der Waals surface area contributed by atoms with Crippen molar-refractivity contribution in [2.24, 2.45) is 20.8 Å². The van der Waals surface area contributed by atoms with Gasteiger partial charge in [-0.3, -0.25) is 60.7 Å². The van der Waals surface area contributed by atoms with E-state index >= 15 is 0 Å². The molecular weight excluding hydrogens is 492 g/mol. The lowest BCUT2D eigenvalue weighted by Crippen LogP contribution is -1.97. The van der Waals surface area contributed by atoms with Crippen molar-refractivity contribution in [2.45, 2.75) is 0 Å². The smallest absolute Gasteiger partial charge is 0.258 e. The number of non-ortho nitro benzene ring substituents is 2. The molecule has 0 N–H and O–H groups in total. The van der Waals surface area contributed by atoms with Crippen LogP contribution < -0.4 is 0 Å². The molecule has 0 saturated carbocycles. The zero-order chi connectivity index (χ0) is 26.4. The Hall–Kier alpha value is -6.16. The van der Waals surface area contributed by atoms with Crippen molar-refractivity contribution in [3.8, 4) is 0 Å². The largest absolute Gasteiger partial charge is 0.310 e. The molecule has 0 unspecified atom stereocenters. The van der Waals surface area contributed by atoms with Crippen LogP contribution in [0.4, 0.5) is 45.5 Å². The van der Waals surface area contributed by atoms with Crippen molar-refractivity contribution in [3.63, 3.8) is 0 Å². The molecule has 2 aromatic rings. The van der Waals surface area contributed by atoms with E-state index in [0.29, 0.717) is 24.3 Å². The highest BCUT2D eigenvalue weighted by Gasteiger charge is 2.32. The van der Waals surface area contributed by atoms with Crippen LogP contribution >= 0.6 is 0 Å². The van der Waals surface area contributed by atoms with Gasteiger partial charge < -0.3 is 0 Å². The summed E-state index contributed by atoms with van der Waals surface area (Å²) in [6.45, 7) is 0. The van der Waals surface area contributed by atoms with Gasteiger partial charge in [0.25, 0.3) is 11.4 Å². The van der Waals surface area contributed by atoms with Gasteiger partial charge in [0.05, 0.1) is 64.4 Å². The standard InChI is InChI=1S/C12H4N10O13/c23-17(24)5-1-7(19(27)28)11(8(2-5)20(29)30)13-15-35-16-14-12-9(21(31)32)3-6(18(25)26)4-10(12)22(33)34/h1-4H. The summed E-state index contributed by atoms with van der Waals surface area (Å²) in [5.41, 5.74) is -9.16. The van der Waals surface area contributed by atoms with Gasteiger partial charge in [0, 0.05) is 0 Å². The Morgan fingerprint density at radius 3 is 0.943 bits per heavy atom. The lowest BCUT2D eigenvalue weighted by atomic mass is 10.2. The van der Waals surface area contributed by atoms with Crippen molar-refractivity contribution in [3.05, 3.63) is 85.0 Å². The van der Waals surface area contributed by atoms with Crippen LogP contribution in [0, 0.1) is 60.7 Å². The maximum Gasteiger partial charge on any atom is 0.310 e. The quantitative estimate of drug-likeness (QED) is 0.256. The second-order valence-electron chi connectivity index (χ2n) is 5.65. The normalized spacial score (nSPS) is 10.9. The first-order valence-corrected chi connectivity index (χ1v) is 8.05. The lowest BCUT2D eigenvalue weighted by molar-refractivity contribution is -0.402. The number of hydrogen-bond acceptors (Lipinski definition) is 17. The average molecular weight is 496 g/mol. The zero-order valence-corrected chi connectivity index (χ0v) is 16.1. The number of benzene rings is 2. The first kappa shape index (κ1) is 25.1. The number of nitrogens with zero attached hydrogens (tertiary/aromatic N) is 10. The van der Waals surface area contributed by atoms with E-state index in [1.165, 1.54) is 0 Å². The zero-order valence-electron chi connectivity index (χ0n) is 16.1. The highest BCUT2D eigenvalue weighted by atomic mass is 16.8.